The van der Waals surface area contributed by atoms with Crippen molar-refractivity contribution in [1.82, 2.24) is 4.90 Å². The van der Waals surface area contributed by atoms with E-state index in [4.69, 9.17) is 10.9 Å². The van der Waals surface area contributed by atoms with E-state index in [2.05, 4.69) is 12.1 Å². The van der Waals surface area contributed by atoms with E-state index in [1.54, 1.807) is 4.90 Å². The van der Waals surface area contributed by atoms with Crippen LogP contribution < -0.4 is 5.73 Å². The normalized spacial score (nSPS) is 33.1. The van der Waals surface area contributed by atoms with E-state index in [0.717, 1.165) is 6.54 Å². The van der Waals surface area contributed by atoms with Crippen molar-refractivity contribution < 1.29 is 10.0 Å². The summed E-state index contributed by atoms with van der Waals surface area (Å²) in [5, 5.41) is 11.9. The lowest BCUT2D eigenvalue weighted by Crippen LogP contribution is -2.57. The number of carbonyl (C=O) groups excluding carboxylic acids is 1. The molecule has 2 rings (SSSR count). The first-order valence-electron chi connectivity index (χ1n) is 6.23. The van der Waals surface area contributed by atoms with Crippen molar-refractivity contribution in [2.75, 3.05) is 13.6 Å². The fourth-order valence-electron chi connectivity index (χ4n) is 2.85. The molecule has 0 aromatic heterocycles. The fourth-order valence-corrected chi connectivity index (χ4v) is 2.85. The van der Waals surface area contributed by atoms with Crippen molar-refractivity contribution in [2.45, 2.75) is 32.6 Å². The van der Waals surface area contributed by atoms with Crippen molar-refractivity contribution in [3.05, 3.63) is 0 Å². The Labute approximate surface area is 102 Å². The summed E-state index contributed by atoms with van der Waals surface area (Å²) in [6.07, 6.45) is 3.81. The van der Waals surface area contributed by atoms with E-state index >= 15 is 0 Å². The van der Waals surface area contributed by atoms with Gasteiger partial charge in [0.05, 0.1) is 0 Å². The number of oxime groups is 1. The van der Waals surface area contributed by atoms with Crippen LogP contribution in [0.3, 0.4) is 0 Å². The van der Waals surface area contributed by atoms with Crippen molar-refractivity contribution in [1.29, 1.82) is 0 Å². The van der Waals surface area contributed by atoms with Crippen LogP contribution in [0.1, 0.15) is 32.6 Å². The summed E-state index contributed by atoms with van der Waals surface area (Å²) in [6.45, 7) is 2.88. The molecule has 17 heavy (non-hydrogen) atoms. The minimum Gasteiger partial charge on any atom is -0.409 e. The summed E-state index contributed by atoms with van der Waals surface area (Å²) in [5.41, 5.74) is 4.97. The summed E-state index contributed by atoms with van der Waals surface area (Å²) < 4.78 is 0. The first kappa shape index (κ1) is 12.2. The quantitative estimate of drug-likeness (QED) is 0.333. The third-order valence-corrected chi connectivity index (χ3v) is 3.98. The molecule has 2 saturated carbocycles. The molecular formula is C12H21N3O2. The zero-order chi connectivity index (χ0) is 12.6. The smallest absolute Gasteiger partial charge is 0.236 e. The molecule has 0 radical (unpaired) electrons. The summed E-state index contributed by atoms with van der Waals surface area (Å²) in [7, 11) is 1.82. The Kier molecular flexibility index (Phi) is 3.02. The number of nitrogens with two attached hydrogens (primary N) is 1. The summed E-state index contributed by atoms with van der Waals surface area (Å²) >= 11 is 0. The van der Waals surface area contributed by atoms with Gasteiger partial charge in [0.15, 0.2) is 5.84 Å². The molecule has 0 heterocycles. The first-order valence-corrected chi connectivity index (χ1v) is 6.23. The molecular weight excluding hydrogens is 218 g/mol. The predicted octanol–water partition coefficient (Wildman–Crippen LogP) is 1.02. The van der Waals surface area contributed by atoms with Gasteiger partial charge >= 0.3 is 0 Å². The van der Waals surface area contributed by atoms with Crippen LogP contribution in [0.5, 0.6) is 0 Å². The number of amidine groups is 1. The van der Waals surface area contributed by atoms with Crippen LogP contribution >= 0.6 is 0 Å². The maximum absolute atomic E-state index is 12.4. The van der Waals surface area contributed by atoms with E-state index in [1.807, 2.05) is 7.05 Å². The molecule has 5 nitrogen and oxygen atoms in total. The van der Waals surface area contributed by atoms with Gasteiger partial charge in [-0.3, -0.25) is 4.79 Å². The average Bonchev–Trinajstić information content (AvgIpc) is 3.06. The maximum atomic E-state index is 12.4. The Bertz CT molecular complexity index is 344. The van der Waals surface area contributed by atoms with E-state index in [0.29, 0.717) is 24.7 Å². The molecule has 1 amide bonds. The standard InChI is InChI=1S/C12H21N3O2/c1-8-5-12(6-8,10(13)14-17)11(16)15(2)7-9-3-4-9/h8-9,17H,3-7H2,1-2H3,(H2,13,14). The summed E-state index contributed by atoms with van der Waals surface area (Å²) in [6, 6.07) is 0. The highest BCUT2D eigenvalue weighted by Crippen LogP contribution is 2.47. The van der Waals surface area contributed by atoms with Gasteiger partial charge in [0.1, 0.15) is 5.41 Å². The Balaban J connectivity index is 2.07. The highest BCUT2D eigenvalue weighted by molar-refractivity contribution is 6.07. The van der Waals surface area contributed by atoms with E-state index in [1.165, 1.54) is 12.8 Å². The monoisotopic (exact) mass is 239 g/mol. The number of nitrogens with zero attached hydrogens (tertiary/aromatic N) is 2. The molecule has 0 saturated heterocycles. The SMILES string of the molecule is CC1CC(C(=O)N(C)CC2CC2)(C(N)=NO)C1. The van der Waals surface area contributed by atoms with Crippen LogP contribution in [0, 0.1) is 17.3 Å². The summed E-state index contributed by atoms with van der Waals surface area (Å²) in [4.78, 5) is 14.2. The zero-order valence-corrected chi connectivity index (χ0v) is 10.5. The topological polar surface area (TPSA) is 78.9 Å². The lowest BCUT2D eigenvalue weighted by molar-refractivity contribution is -0.143. The molecule has 2 aliphatic carbocycles. The predicted molar refractivity (Wildman–Crippen MR) is 64.6 cm³/mol. The molecule has 5 heteroatoms. The number of rotatable bonds is 4. The Morgan fingerprint density at radius 3 is 2.53 bits per heavy atom. The van der Waals surface area contributed by atoms with Gasteiger partial charge < -0.3 is 15.8 Å². The van der Waals surface area contributed by atoms with Crippen LogP contribution in [-0.4, -0.2) is 35.4 Å². The zero-order valence-electron chi connectivity index (χ0n) is 10.5. The van der Waals surface area contributed by atoms with Crippen molar-refractivity contribution in [3.63, 3.8) is 0 Å². The second-order valence-corrected chi connectivity index (χ2v) is 5.71. The van der Waals surface area contributed by atoms with E-state index in [-0.39, 0.29) is 11.7 Å². The van der Waals surface area contributed by atoms with E-state index in [9.17, 15) is 4.79 Å². The summed E-state index contributed by atoms with van der Waals surface area (Å²) in [5.74, 6) is 1.21. The third-order valence-electron chi connectivity index (χ3n) is 3.98. The molecule has 0 atom stereocenters. The number of carbonyl (C=O) groups is 1. The van der Waals surface area contributed by atoms with Crippen molar-refractivity contribution in [2.24, 2.45) is 28.1 Å². The minimum absolute atomic E-state index is 0.0119. The highest BCUT2D eigenvalue weighted by atomic mass is 16.4. The Hall–Kier alpha value is -1.26. The van der Waals surface area contributed by atoms with Gasteiger partial charge in [-0.25, -0.2) is 0 Å². The van der Waals surface area contributed by atoms with Gasteiger partial charge in [0.25, 0.3) is 0 Å². The average molecular weight is 239 g/mol. The second-order valence-electron chi connectivity index (χ2n) is 5.71. The van der Waals surface area contributed by atoms with Crippen LogP contribution in [0.15, 0.2) is 5.16 Å². The number of hydrogen-bond acceptors (Lipinski definition) is 3. The molecule has 0 aromatic carbocycles. The molecule has 2 aliphatic rings. The molecule has 3 N–H and O–H groups in total. The largest absolute Gasteiger partial charge is 0.409 e. The molecule has 0 aliphatic heterocycles. The van der Waals surface area contributed by atoms with Crippen LogP contribution in [0.2, 0.25) is 0 Å². The van der Waals surface area contributed by atoms with Gasteiger partial charge in [0.2, 0.25) is 5.91 Å². The second kappa shape index (κ2) is 4.20. The highest BCUT2D eigenvalue weighted by Gasteiger charge is 2.53. The molecule has 0 bridgehead atoms. The van der Waals surface area contributed by atoms with Gasteiger partial charge in [-0.1, -0.05) is 12.1 Å². The third kappa shape index (κ3) is 2.10. The van der Waals surface area contributed by atoms with Crippen molar-refractivity contribution in [3.8, 4) is 0 Å². The maximum Gasteiger partial charge on any atom is 0.236 e. The lowest BCUT2D eigenvalue weighted by Gasteiger charge is -2.45. The molecule has 0 unspecified atom stereocenters. The molecule has 0 aromatic rings. The molecule has 0 spiro atoms. The number of amides is 1. The first-order chi connectivity index (χ1) is 7.99. The lowest BCUT2D eigenvalue weighted by atomic mass is 9.61. The molecule has 2 fully saturated rings. The Morgan fingerprint density at radius 2 is 2.12 bits per heavy atom. The molecule has 96 valence electrons. The van der Waals surface area contributed by atoms with Crippen molar-refractivity contribution >= 4 is 11.7 Å². The van der Waals surface area contributed by atoms with Crippen LogP contribution in [0.25, 0.3) is 0 Å². The van der Waals surface area contributed by atoms with Gasteiger partial charge in [0, 0.05) is 13.6 Å². The minimum atomic E-state index is -0.738. The van der Waals surface area contributed by atoms with Crippen LogP contribution in [-0.2, 0) is 4.79 Å². The van der Waals surface area contributed by atoms with E-state index < -0.39 is 5.41 Å². The Morgan fingerprint density at radius 1 is 1.53 bits per heavy atom. The fraction of sp³-hybridized carbons (Fsp3) is 0.833. The van der Waals surface area contributed by atoms with Crippen LogP contribution in [0.4, 0.5) is 0 Å². The van der Waals surface area contributed by atoms with Gasteiger partial charge in [-0.05, 0) is 37.5 Å². The van der Waals surface area contributed by atoms with Gasteiger partial charge in [-0.2, -0.15) is 0 Å². The van der Waals surface area contributed by atoms with Gasteiger partial charge in [-0.15, -0.1) is 0 Å². The number of hydrogen-bond donors (Lipinski definition) is 2.